The fraction of sp³-hybridized carbons (Fsp3) is 0.417. The molecule has 4 heteroatoms. The van der Waals surface area contributed by atoms with Crippen molar-refractivity contribution < 1.29 is 9.18 Å². The van der Waals surface area contributed by atoms with E-state index in [4.69, 9.17) is 11.6 Å². The zero-order valence-corrected chi connectivity index (χ0v) is 9.77. The van der Waals surface area contributed by atoms with E-state index in [1.807, 2.05) is 0 Å². The fourth-order valence-corrected chi connectivity index (χ4v) is 1.51. The number of halogens is 2. The number of rotatable bonds is 6. The Balaban J connectivity index is 2.32. The molecule has 0 unspecified atom stereocenters. The molecule has 0 heterocycles. The number of carbonyl (C=O) groups excluding carboxylic acids is 1. The minimum atomic E-state index is -0.335. The molecule has 0 aliphatic carbocycles. The second-order valence-corrected chi connectivity index (χ2v) is 3.89. The Morgan fingerprint density at radius 3 is 2.75 bits per heavy atom. The van der Waals surface area contributed by atoms with Crippen molar-refractivity contribution in [2.75, 3.05) is 12.4 Å². The molecule has 0 aromatic heterocycles. The zero-order chi connectivity index (χ0) is 11.8. The van der Waals surface area contributed by atoms with Gasteiger partial charge in [0, 0.05) is 12.4 Å². The first-order valence-electron chi connectivity index (χ1n) is 5.30. The third-order valence-electron chi connectivity index (χ3n) is 2.19. The van der Waals surface area contributed by atoms with Crippen molar-refractivity contribution in [3.63, 3.8) is 0 Å². The van der Waals surface area contributed by atoms with Crippen LogP contribution in [0.15, 0.2) is 24.3 Å². The van der Waals surface area contributed by atoms with E-state index in [1.165, 1.54) is 6.07 Å². The number of carbonyl (C=O) groups is 1. The molecule has 1 rings (SSSR count). The van der Waals surface area contributed by atoms with Crippen molar-refractivity contribution in [1.29, 1.82) is 0 Å². The summed E-state index contributed by atoms with van der Waals surface area (Å²) in [5.41, 5.74) is 0.428. The molecule has 0 atom stereocenters. The Kier molecular flexibility index (Phi) is 5.86. The van der Waals surface area contributed by atoms with Gasteiger partial charge in [-0.2, -0.15) is 0 Å². The van der Waals surface area contributed by atoms with E-state index in [9.17, 15) is 9.18 Å². The molecule has 0 aliphatic rings. The number of nitrogens with one attached hydrogen (secondary N) is 1. The van der Waals surface area contributed by atoms with E-state index in [2.05, 4.69) is 5.32 Å². The normalized spacial score (nSPS) is 10.1. The molecule has 16 heavy (non-hydrogen) atoms. The maximum Gasteiger partial charge on any atom is 0.224 e. The highest BCUT2D eigenvalue weighted by molar-refractivity contribution is 6.17. The summed E-state index contributed by atoms with van der Waals surface area (Å²) < 4.78 is 13.2. The van der Waals surface area contributed by atoms with E-state index in [1.54, 1.807) is 18.2 Å². The Bertz CT molecular complexity index is 344. The minimum Gasteiger partial charge on any atom is -0.356 e. The van der Waals surface area contributed by atoms with E-state index in [0.717, 1.165) is 12.8 Å². The molecule has 0 spiro atoms. The number of hydrogen-bond donors (Lipinski definition) is 1. The third-order valence-corrected chi connectivity index (χ3v) is 2.46. The quantitative estimate of drug-likeness (QED) is 0.604. The van der Waals surface area contributed by atoms with Crippen LogP contribution in [-0.4, -0.2) is 18.3 Å². The van der Waals surface area contributed by atoms with Crippen LogP contribution >= 0.6 is 11.6 Å². The molecule has 0 bridgehead atoms. The molecule has 0 radical (unpaired) electrons. The second-order valence-electron chi connectivity index (χ2n) is 3.51. The van der Waals surface area contributed by atoms with Crippen molar-refractivity contribution in [3.05, 3.63) is 35.6 Å². The molecule has 88 valence electrons. The van der Waals surface area contributed by atoms with Gasteiger partial charge >= 0.3 is 0 Å². The van der Waals surface area contributed by atoms with Gasteiger partial charge in [-0.1, -0.05) is 18.2 Å². The molecule has 0 saturated carbocycles. The molecule has 1 amide bonds. The smallest absolute Gasteiger partial charge is 0.224 e. The average Bonchev–Trinajstić information content (AvgIpc) is 2.28. The first-order valence-corrected chi connectivity index (χ1v) is 5.83. The van der Waals surface area contributed by atoms with Crippen LogP contribution in [0.25, 0.3) is 0 Å². The van der Waals surface area contributed by atoms with Crippen molar-refractivity contribution in [3.8, 4) is 0 Å². The van der Waals surface area contributed by atoms with E-state index in [0.29, 0.717) is 18.0 Å². The number of amides is 1. The molecule has 1 aromatic carbocycles. The van der Waals surface area contributed by atoms with Gasteiger partial charge in [-0.3, -0.25) is 4.79 Å². The highest BCUT2D eigenvalue weighted by Gasteiger charge is 2.06. The van der Waals surface area contributed by atoms with Crippen LogP contribution in [0, 0.1) is 5.82 Å². The largest absolute Gasteiger partial charge is 0.356 e. The minimum absolute atomic E-state index is 0.0908. The SMILES string of the molecule is O=C(Cc1ccccc1F)NCCCCCl. The second kappa shape index (κ2) is 7.23. The number of unbranched alkanes of at least 4 members (excludes halogenated alkanes) is 1. The van der Waals surface area contributed by atoms with Gasteiger partial charge in [-0.05, 0) is 24.5 Å². The number of alkyl halides is 1. The van der Waals surface area contributed by atoms with Crippen molar-refractivity contribution in [1.82, 2.24) is 5.32 Å². The molecule has 0 aliphatic heterocycles. The Morgan fingerprint density at radius 2 is 2.06 bits per heavy atom. The Morgan fingerprint density at radius 1 is 1.31 bits per heavy atom. The summed E-state index contributed by atoms with van der Waals surface area (Å²) >= 11 is 5.51. The predicted octanol–water partition coefficient (Wildman–Crippen LogP) is 2.50. The predicted molar refractivity (Wildman–Crippen MR) is 63.1 cm³/mol. The topological polar surface area (TPSA) is 29.1 Å². The van der Waals surface area contributed by atoms with Crippen LogP contribution in [0.1, 0.15) is 18.4 Å². The lowest BCUT2D eigenvalue weighted by atomic mass is 10.1. The first kappa shape index (κ1) is 13.0. The lowest BCUT2D eigenvalue weighted by molar-refractivity contribution is -0.120. The van der Waals surface area contributed by atoms with Crippen molar-refractivity contribution in [2.45, 2.75) is 19.3 Å². The maximum absolute atomic E-state index is 13.2. The summed E-state index contributed by atoms with van der Waals surface area (Å²) in [5, 5.41) is 2.73. The summed E-state index contributed by atoms with van der Waals surface area (Å²) in [4.78, 5) is 11.4. The van der Waals surface area contributed by atoms with Gasteiger partial charge in [0.25, 0.3) is 0 Å². The van der Waals surface area contributed by atoms with Crippen LogP contribution in [0.5, 0.6) is 0 Å². The lowest BCUT2D eigenvalue weighted by Crippen LogP contribution is -2.26. The highest BCUT2D eigenvalue weighted by Crippen LogP contribution is 2.06. The van der Waals surface area contributed by atoms with Crippen molar-refractivity contribution in [2.24, 2.45) is 0 Å². The highest BCUT2D eigenvalue weighted by atomic mass is 35.5. The zero-order valence-electron chi connectivity index (χ0n) is 9.01. The van der Waals surface area contributed by atoms with Crippen LogP contribution < -0.4 is 5.32 Å². The molecule has 0 fully saturated rings. The van der Waals surface area contributed by atoms with Crippen molar-refractivity contribution >= 4 is 17.5 Å². The molecular weight excluding hydrogens is 229 g/mol. The van der Waals surface area contributed by atoms with Gasteiger partial charge in [0.2, 0.25) is 5.91 Å². The Hall–Kier alpha value is -1.09. The molecule has 1 N–H and O–H groups in total. The molecule has 1 aromatic rings. The summed E-state index contributed by atoms with van der Waals surface area (Å²) in [7, 11) is 0. The van der Waals surface area contributed by atoms with Gasteiger partial charge in [0.15, 0.2) is 0 Å². The summed E-state index contributed by atoms with van der Waals surface area (Å²) in [5.74, 6) is 0.112. The van der Waals surface area contributed by atoms with Gasteiger partial charge in [-0.25, -0.2) is 4.39 Å². The van der Waals surface area contributed by atoms with Crippen LogP contribution in [0.3, 0.4) is 0 Å². The average molecular weight is 244 g/mol. The lowest BCUT2D eigenvalue weighted by Gasteiger charge is -2.05. The number of hydrogen-bond acceptors (Lipinski definition) is 1. The first-order chi connectivity index (χ1) is 7.74. The van der Waals surface area contributed by atoms with E-state index in [-0.39, 0.29) is 18.1 Å². The maximum atomic E-state index is 13.2. The standard InChI is InChI=1S/C12H15ClFNO/c13-7-3-4-8-15-12(16)9-10-5-1-2-6-11(10)14/h1-2,5-6H,3-4,7-9H2,(H,15,16). The summed E-state index contributed by atoms with van der Waals surface area (Å²) in [6, 6.07) is 6.31. The van der Waals surface area contributed by atoms with Crippen LogP contribution in [0.4, 0.5) is 4.39 Å². The monoisotopic (exact) mass is 243 g/mol. The molecule has 0 saturated heterocycles. The van der Waals surface area contributed by atoms with E-state index < -0.39 is 0 Å². The van der Waals surface area contributed by atoms with Gasteiger partial charge in [0.1, 0.15) is 5.82 Å². The van der Waals surface area contributed by atoms with E-state index >= 15 is 0 Å². The Labute approximate surface area is 99.8 Å². The summed E-state index contributed by atoms with van der Waals surface area (Å²) in [6.45, 7) is 0.597. The third kappa shape index (κ3) is 4.62. The van der Waals surface area contributed by atoms with Gasteiger partial charge in [0.05, 0.1) is 6.42 Å². The molecule has 2 nitrogen and oxygen atoms in total. The van der Waals surface area contributed by atoms with Gasteiger partial charge < -0.3 is 5.32 Å². The van der Waals surface area contributed by atoms with Gasteiger partial charge in [-0.15, -0.1) is 11.6 Å². The van der Waals surface area contributed by atoms with Crippen LogP contribution in [0.2, 0.25) is 0 Å². The summed E-state index contributed by atoms with van der Waals surface area (Å²) in [6.07, 6.45) is 1.82. The number of benzene rings is 1. The van der Waals surface area contributed by atoms with Crippen LogP contribution in [-0.2, 0) is 11.2 Å². The fourth-order valence-electron chi connectivity index (χ4n) is 1.32. The molecular formula is C12H15ClFNO.